The Kier molecular flexibility index (Phi) is 4.24. The van der Waals surface area contributed by atoms with Crippen LogP contribution in [-0.4, -0.2) is 33.9 Å². The molecule has 0 bridgehead atoms. The van der Waals surface area contributed by atoms with Crippen molar-refractivity contribution < 1.29 is 9.21 Å². The van der Waals surface area contributed by atoms with Gasteiger partial charge in [0.05, 0.1) is 11.1 Å². The van der Waals surface area contributed by atoms with E-state index in [1.54, 1.807) is 12.3 Å². The van der Waals surface area contributed by atoms with E-state index in [0.29, 0.717) is 29.2 Å². The van der Waals surface area contributed by atoms with Gasteiger partial charge in [-0.2, -0.15) is 0 Å². The number of fused-ring (bicyclic) bond motifs is 2. The van der Waals surface area contributed by atoms with Crippen molar-refractivity contribution in [1.82, 2.24) is 14.9 Å². The molecule has 3 heterocycles. The van der Waals surface area contributed by atoms with E-state index in [4.69, 9.17) is 16.0 Å². The molecule has 1 aliphatic heterocycles. The van der Waals surface area contributed by atoms with Crippen molar-refractivity contribution in [1.29, 1.82) is 0 Å². The van der Waals surface area contributed by atoms with Crippen LogP contribution in [-0.2, 0) is 0 Å². The van der Waals surface area contributed by atoms with Crippen molar-refractivity contribution >= 4 is 39.5 Å². The zero-order valence-electron chi connectivity index (χ0n) is 15.1. The number of likely N-dealkylation sites (tertiary alicyclic amines) is 1. The number of carbonyl (C=O) groups excluding carboxylic acids is 1. The molecular formula is C22H18ClN3O2. The zero-order chi connectivity index (χ0) is 19.1. The zero-order valence-corrected chi connectivity index (χ0v) is 15.9. The summed E-state index contributed by atoms with van der Waals surface area (Å²) in [5.41, 5.74) is 2.95. The first kappa shape index (κ1) is 17.2. The lowest BCUT2D eigenvalue weighted by Crippen LogP contribution is -2.38. The Balaban J connectivity index is 1.36. The van der Waals surface area contributed by atoms with Gasteiger partial charge in [-0.3, -0.25) is 9.78 Å². The van der Waals surface area contributed by atoms with E-state index in [1.807, 2.05) is 47.4 Å². The topological polar surface area (TPSA) is 59.2 Å². The van der Waals surface area contributed by atoms with E-state index < -0.39 is 0 Å². The molecule has 5 rings (SSSR count). The molecular weight excluding hydrogens is 374 g/mol. The number of para-hydroxylation sites is 2. The average molecular weight is 392 g/mol. The summed E-state index contributed by atoms with van der Waals surface area (Å²) >= 11 is 6.23. The Hall–Kier alpha value is -2.92. The Bertz CT molecular complexity index is 1150. The van der Waals surface area contributed by atoms with Gasteiger partial charge in [-0.25, -0.2) is 4.98 Å². The Labute approximate surface area is 166 Å². The van der Waals surface area contributed by atoms with Crippen molar-refractivity contribution in [2.75, 3.05) is 13.1 Å². The summed E-state index contributed by atoms with van der Waals surface area (Å²) in [4.78, 5) is 24.0. The molecule has 0 N–H and O–H groups in total. The fourth-order valence-corrected chi connectivity index (χ4v) is 4.11. The first-order valence-corrected chi connectivity index (χ1v) is 9.76. The van der Waals surface area contributed by atoms with Gasteiger partial charge in [-0.15, -0.1) is 0 Å². The molecule has 5 nitrogen and oxygen atoms in total. The summed E-state index contributed by atoms with van der Waals surface area (Å²) in [6.45, 7) is 1.31. The highest BCUT2D eigenvalue weighted by molar-refractivity contribution is 6.32. The van der Waals surface area contributed by atoms with Crippen LogP contribution in [0.3, 0.4) is 0 Å². The van der Waals surface area contributed by atoms with Crippen molar-refractivity contribution in [2.45, 2.75) is 18.8 Å². The van der Waals surface area contributed by atoms with Crippen molar-refractivity contribution in [3.63, 3.8) is 0 Å². The minimum absolute atomic E-state index is 0.0257. The molecule has 140 valence electrons. The molecule has 2 aromatic carbocycles. The Morgan fingerprint density at radius 3 is 2.75 bits per heavy atom. The molecule has 1 amide bonds. The first-order chi connectivity index (χ1) is 13.7. The number of amides is 1. The van der Waals surface area contributed by atoms with Crippen LogP contribution in [0, 0.1) is 0 Å². The summed E-state index contributed by atoms with van der Waals surface area (Å²) in [7, 11) is 0. The summed E-state index contributed by atoms with van der Waals surface area (Å²) in [6.07, 6.45) is 3.35. The number of rotatable bonds is 2. The molecule has 0 unspecified atom stereocenters. The van der Waals surface area contributed by atoms with Gasteiger partial charge in [-0.1, -0.05) is 29.8 Å². The van der Waals surface area contributed by atoms with Gasteiger partial charge in [0.25, 0.3) is 5.91 Å². The SMILES string of the molecule is O=C(c1cc(Cl)cc2cccnc12)N1CCC(c2nc3ccccc3o2)CC1. The van der Waals surface area contributed by atoms with E-state index in [0.717, 1.165) is 35.2 Å². The van der Waals surface area contributed by atoms with Crippen LogP contribution in [0.1, 0.15) is 35.0 Å². The van der Waals surface area contributed by atoms with Crippen LogP contribution < -0.4 is 0 Å². The molecule has 6 heteroatoms. The van der Waals surface area contributed by atoms with Crippen LogP contribution in [0.5, 0.6) is 0 Å². The first-order valence-electron chi connectivity index (χ1n) is 9.38. The highest BCUT2D eigenvalue weighted by Crippen LogP contribution is 2.31. The number of halogens is 1. The van der Waals surface area contributed by atoms with Gasteiger partial charge in [0.15, 0.2) is 11.5 Å². The summed E-state index contributed by atoms with van der Waals surface area (Å²) in [5.74, 6) is 0.969. The third-order valence-corrected chi connectivity index (χ3v) is 5.56. The minimum Gasteiger partial charge on any atom is -0.440 e. The van der Waals surface area contributed by atoms with Crippen molar-refractivity contribution in [3.8, 4) is 0 Å². The number of oxazole rings is 1. The predicted molar refractivity (Wildman–Crippen MR) is 109 cm³/mol. The van der Waals surface area contributed by atoms with E-state index in [2.05, 4.69) is 9.97 Å². The molecule has 4 aromatic rings. The van der Waals surface area contributed by atoms with Gasteiger partial charge >= 0.3 is 0 Å². The van der Waals surface area contributed by atoms with E-state index in [1.165, 1.54) is 0 Å². The number of aromatic nitrogens is 2. The quantitative estimate of drug-likeness (QED) is 0.479. The number of benzene rings is 2. The second kappa shape index (κ2) is 6.91. The van der Waals surface area contributed by atoms with Crippen LogP contribution in [0.4, 0.5) is 0 Å². The normalized spacial score (nSPS) is 15.4. The van der Waals surface area contributed by atoms with Crippen LogP contribution in [0.15, 0.2) is 59.1 Å². The van der Waals surface area contributed by atoms with E-state index in [9.17, 15) is 4.79 Å². The smallest absolute Gasteiger partial charge is 0.256 e. The molecule has 1 saturated heterocycles. The lowest BCUT2D eigenvalue weighted by Gasteiger charge is -2.31. The van der Waals surface area contributed by atoms with Crippen molar-refractivity contribution in [3.05, 3.63) is 71.2 Å². The maximum atomic E-state index is 13.1. The molecule has 0 radical (unpaired) electrons. The van der Waals surface area contributed by atoms with Crippen molar-refractivity contribution in [2.24, 2.45) is 0 Å². The Morgan fingerprint density at radius 2 is 1.93 bits per heavy atom. The standard InChI is InChI=1S/C22H18ClN3O2/c23-16-12-15-4-3-9-24-20(15)17(13-16)22(27)26-10-7-14(8-11-26)21-25-18-5-1-2-6-19(18)28-21/h1-6,9,12-14H,7-8,10-11H2. The van der Waals surface area contributed by atoms with Gasteiger partial charge in [0.1, 0.15) is 5.52 Å². The monoisotopic (exact) mass is 391 g/mol. The summed E-state index contributed by atoms with van der Waals surface area (Å²) in [6, 6.07) is 15.1. The molecule has 0 atom stereocenters. The lowest BCUT2D eigenvalue weighted by molar-refractivity contribution is 0.0708. The third kappa shape index (κ3) is 3.02. The Morgan fingerprint density at radius 1 is 1.11 bits per heavy atom. The largest absolute Gasteiger partial charge is 0.440 e. The average Bonchev–Trinajstić information content (AvgIpc) is 3.17. The fraction of sp³-hybridized carbons (Fsp3) is 0.227. The number of nitrogens with zero attached hydrogens (tertiary/aromatic N) is 3. The number of carbonyl (C=O) groups is 1. The predicted octanol–water partition coefficient (Wildman–Crippen LogP) is 5.05. The van der Waals surface area contributed by atoms with Crippen LogP contribution in [0.25, 0.3) is 22.0 Å². The van der Waals surface area contributed by atoms with E-state index >= 15 is 0 Å². The van der Waals surface area contributed by atoms with Gasteiger partial charge in [0.2, 0.25) is 0 Å². The lowest BCUT2D eigenvalue weighted by atomic mass is 9.96. The molecule has 1 fully saturated rings. The van der Waals surface area contributed by atoms with Gasteiger partial charge in [0, 0.05) is 35.6 Å². The van der Waals surface area contributed by atoms with E-state index in [-0.39, 0.29) is 11.8 Å². The van der Waals surface area contributed by atoms with Gasteiger partial charge in [-0.05, 0) is 43.2 Å². The third-order valence-electron chi connectivity index (χ3n) is 5.34. The minimum atomic E-state index is -0.0257. The van der Waals surface area contributed by atoms with Crippen LogP contribution in [0.2, 0.25) is 5.02 Å². The summed E-state index contributed by atoms with van der Waals surface area (Å²) in [5, 5.41) is 1.42. The number of hydrogen-bond acceptors (Lipinski definition) is 4. The van der Waals surface area contributed by atoms with Gasteiger partial charge < -0.3 is 9.32 Å². The second-order valence-electron chi connectivity index (χ2n) is 7.11. The maximum Gasteiger partial charge on any atom is 0.256 e. The molecule has 28 heavy (non-hydrogen) atoms. The number of piperidine rings is 1. The highest BCUT2D eigenvalue weighted by Gasteiger charge is 2.28. The molecule has 0 aliphatic carbocycles. The molecule has 2 aromatic heterocycles. The molecule has 0 spiro atoms. The van der Waals surface area contributed by atoms with Crippen LogP contribution >= 0.6 is 11.6 Å². The fourth-order valence-electron chi connectivity index (χ4n) is 3.88. The number of pyridine rings is 1. The summed E-state index contributed by atoms with van der Waals surface area (Å²) < 4.78 is 5.92. The maximum absolute atomic E-state index is 13.1. The molecule has 1 aliphatic rings. The second-order valence-corrected chi connectivity index (χ2v) is 7.55. The highest BCUT2D eigenvalue weighted by atomic mass is 35.5. The molecule has 0 saturated carbocycles. The number of hydrogen-bond donors (Lipinski definition) is 0.